The molecule has 2 amide bonds. The summed E-state index contributed by atoms with van der Waals surface area (Å²) in [6, 6.07) is 15.2. The van der Waals surface area contributed by atoms with Crippen molar-refractivity contribution in [2.45, 2.75) is 37.3 Å². The maximum absolute atomic E-state index is 12.5. The summed E-state index contributed by atoms with van der Waals surface area (Å²) in [6.45, 7) is 1.22. The van der Waals surface area contributed by atoms with E-state index in [4.69, 9.17) is 14.9 Å². The number of carboxylic acid groups (broad SMARTS) is 1. The van der Waals surface area contributed by atoms with E-state index in [1.165, 1.54) is 11.1 Å². The molecule has 4 rings (SSSR count). The lowest BCUT2D eigenvalue weighted by Crippen LogP contribution is -2.50. The summed E-state index contributed by atoms with van der Waals surface area (Å²) >= 11 is 0. The van der Waals surface area contributed by atoms with Crippen LogP contribution in [-0.4, -0.2) is 78.0 Å². The van der Waals surface area contributed by atoms with Gasteiger partial charge in [0.2, 0.25) is 5.91 Å². The van der Waals surface area contributed by atoms with Gasteiger partial charge in [0.05, 0.1) is 6.54 Å². The maximum atomic E-state index is 12.5. The van der Waals surface area contributed by atoms with Crippen molar-refractivity contribution in [2.75, 3.05) is 32.8 Å². The van der Waals surface area contributed by atoms with Crippen molar-refractivity contribution in [3.05, 3.63) is 59.7 Å². The first-order valence-corrected chi connectivity index (χ1v) is 11.9. The number of fused-ring (bicyclic) bond motifs is 3. The molecule has 1 saturated heterocycles. The molecule has 4 N–H and O–H groups in total. The molecule has 1 atom stereocenters. The van der Waals surface area contributed by atoms with E-state index < -0.39 is 24.0 Å². The number of likely N-dealkylation sites (tertiary alicyclic amines) is 1. The number of piperidine rings is 1. The van der Waals surface area contributed by atoms with E-state index in [2.05, 4.69) is 34.9 Å². The van der Waals surface area contributed by atoms with Gasteiger partial charge in [-0.25, -0.2) is 9.59 Å². The minimum Gasteiger partial charge on any atom is -0.480 e. The van der Waals surface area contributed by atoms with Gasteiger partial charge in [-0.1, -0.05) is 48.5 Å². The van der Waals surface area contributed by atoms with Crippen LogP contribution in [0, 0.1) is 0 Å². The largest absolute Gasteiger partial charge is 0.480 e. The molecule has 0 spiro atoms. The molecular formula is C26H31N3O6. The molecule has 2 aromatic rings. The van der Waals surface area contributed by atoms with E-state index in [9.17, 15) is 14.4 Å². The number of aliphatic carboxylic acids is 1. The Balaban J connectivity index is 1.22. The molecule has 1 heterocycles. The summed E-state index contributed by atoms with van der Waals surface area (Å²) in [5.41, 5.74) is 4.69. The molecule has 0 saturated carbocycles. The Morgan fingerprint density at radius 1 is 1.00 bits per heavy atom. The average Bonchev–Trinajstić information content (AvgIpc) is 3.17. The Bertz CT molecular complexity index is 1020. The molecule has 1 aliphatic heterocycles. The maximum Gasteiger partial charge on any atom is 0.407 e. The van der Waals surface area contributed by atoms with Crippen molar-refractivity contribution in [1.82, 2.24) is 15.5 Å². The number of rotatable bonds is 9. The quantitative estimate of drug-likeness (QED) is 0.431. The fraction of sp³-hybridized carbons (Fsp3) is 0.423. The Labute approximate surface area is 204 Å². The fourth-order valence-electron chi connectivity index (χ4n) is 4.87. The lowest BCUT2D eigenvalue weighted by molar-refractivity contribution is -0.142. The zero-order valence-electron chi connectivity index (χ0n) is 19.5. The number of aliphatic hydroxyl groups is 1. The smallest absolute Gasteiger partial charge is 0.407 e. The van der Waals surface area contributed by atoms with Crippen molar-refractivity contribution in [1.29, 1.82) is 0 Å². The van der Waals surface area contributed by atoms with Crippen LogP contribution < -0.4 is 10.6 Å². The van der Waals surface area contributed by atoms with Gasteiger partial charge in [-0.05, 0) is 35.1 Å². The highest BCUT2D eigenvalue weighted by Gasteiger charge is 2.30. The van der Waals surface area contributed by atoms with Gasteiger partial charge in [-0.2, -0.15) is 0 Å². The summed E-state index contributed by atoms with van der Waals surface area (Å²) in [5, 5.41) is 23.4. The number of hydrogen-bond acceptors (Lipinski definition) is 6. The standard InChI is InChI=1S/C26H31N3O6/c30-14-11-23(25(32)33)28-24(31)15-29-12-9-17(10-13-29)27-26(34)35-16-22-20-7-3-1-5-18(20)19-6-2-4-8-21(19)22/h1-8,17,22-23,30H,9-16H2,(H,27,34)(H,28,31)(H,32,33)/t23-/m0/s1. The molecule has 35 heavy (non-hydrogen) atoms. The molecule has 0 radical (unpaired) electrons. The van der Waals surface area contributed by atoms with Gasteiger partial charge < -0.3 is 25.6 Å². The highest BCUT2D eigenvalue weighted by atomic mass is 16.5. The molecule has 0 bridgehead atoms. The number of ether oxygens (including phenoxy) is 1. The molecule has 0 unspecified atom stereocenters. The van der Waals surface area contributed by atoms with Crippen LogP contribution in [0.5, 0.6) is 0 Å². The lowest BCUT2D eigenvalue weighted by atomic mass is 9.98. The first-order chi connectivity index (χ1) is 17.0. The number of nitrogens with one attached hydrogen (secondary N) is 2. The van der Waals surface area contributed by atoms with Gasteiger partial charge in [0, 0.05) is 38.1 Å². The Kier molecular flexibility index (Phi) is 7.99. The lowest BCUT2D eigenvalue weighted by Gasteiger charge is -2.32. The zero-order valence-corrected chi connectivity index (χ0v) is 19.5. The first kappa shape index (κ1) is 24.7. The number of amides is 2. The van der Waals surface area contributed by atoms with Crippen LogP contribution in [0.2, 0.25) is 0 Å². The van der Waals surface area contributed by atoms with Crippen molar-refractivity contribution >= 4 is 18.0 Å². The molecule has 1 aliphatic carbocycles. The molecule has 9 nitrogen and oxygen atoms in total. The molecule has 0 aromatic heterocycles. The van der Waals surface area contributed by atoms with Crippen molar-refractivity contribution in [3.63, 3.8) is 0 Å². The van der Waals surface area contributed by atoms with Crippen molar-refractivity contribution in [2.24, 2.45) is 0 Å². The van der Waals surface area contributed by atoms with Gasteiger partial charge in [-0.3, -0.25) is 9.69 Å². The number of carbonyl (C=O) groups is 3. The van der Waals surface area contributed by atoms with Crippen LogP contribution in [0.1, 0.15) is 36.3 Å². The third-order valence-corrected chi connectivity index (χ3v) is 6.67. The molecule has 186 valence electrons. The monoisotopic (exact) mass is 481 g/mol. The number of nitrogens with zero attached hydrogens (tertiary/aromatic N) is 1. The van der Waals surface area contributed by atoms with Crippen LogP contribution >= 0.6 is 0 Å². The van der Waals surface area contributed by atoms with Gasteiger partial charge in [-0.15, -0.1) is 0 Å². The Morgan fingerprint density at radius 3 is 2.17 bits per heavy atom. The summed E-state index contributed by atoms with van der Waals surface area (Å²) in [5.74, 6) is -1.55. The Hall–Kier alpha value is -3.43. The average molecular weight is 482 g/mol. The second-order valence-corrected chi connectivity index (χ2v) is 8.99. The van der Waals surface area contributed by atoms with Crippen LogP contribution in [0.25, 0.3) is 11.1 Å². The minimum atomic E-state index is -1.17. The number of carboxylic acids is 1. The number of aliphatic hydroxyl groups excluding tert-OH is 1. The SMILES string of the molecule is O=C(CN1CCC(NC(=O)OCC2c3ccccc3-c3ccccc32)CC1)N[C@@H](CCO)C(=O)O. The predicted molar refractivity (Wildman–Crippen MR) is 129 cm³/mol. The van der Waals surface area contributed by atoms with Crippen molar-refractivity contribution < 1.29 is 29.3 Å². The molecular weight excluding hydrogens is 450 g/mol. The first-order valence-electron chi connectivity index (χ1n) is 11.9. The second-order valence-electron chi connectivity index (χ2n) is 8.99. The van der Waals surface area contributed by atoms with Crippen LogP contribution in [-0.2, 0) is 14.3 Å². The molecule has 2 aromatic carbocycles. The highest BCUT2D eigenvalue weighted by Crippen LogP contribution is 2.44. The molecule has 9 heteroatoms. The van der Waals surface area contributed by atoms with E-state index in [1.54, 1.807) is 0 Å². The summed E-state index contributed by atoms with van der Waals surface area (Å²) < 4.78 is 5.62. The highest BCUT2D eigenvalue weighted by molar-refractivity contribution is 5.84. The fourth-order valence-corrected chi connectivity index (χ4v) is 4.87. The molecule has 1 fully saturated rings. The van der Waals surface area contributed by atoms with Gasteiger partial charge in [0.25, 0.3) is 0 Å². The van der Waals surface area contributed by atoms with E-state index in [0.717, 1.165) is 11.1 Å². The number of alkyl carbamates (subject to hydrolysis) is 1. The number of carbonyl (C=O) groups excluding carboxylic acids is 2. The van der Waals surface area contributed by atoms with Crippen LogP contribution in [0.15, 0.2) is 48.5 Å². The minimum absolute atomic E-state index is 0.00831. The summed E-state index contributed by atoms with van der Waals surface area (Å²) in [7, 11) is 0. The van der Waals surface area contributed by atoms with Crippen LogP contribution in [0.4, 0.5) is 4.79 Å². The Morgan fingerprint density at radius 2 is 1.60 bits per heavy atom. The van der Waals surface area contributed by atoms with E-state index in [1.807, 2.05) is 29.2 Å². The predicted octanol–water partition coefficient (Wildman–Crippen LogP) is 1.94. The topological polar surface area (TPSA) is 128 Å². The third-order valence-electron chi connectivity index (χ3n) is 6.67. The number of benzene rings is 2. The van der Waals surface area contributed by atoms with Gasteiger partial charge in [0.15, 0.2) is 0 Å². The molecule has 2 aliphatic rings. The van der Waals surface area contributed by atoms with Gasteiger partial charge in [0.1, 0.15) is 12.6 Å². The van der Waals surface area contributed by atoms with Crippen LogP contribution in [0.3, 0.4) is 0 Å². The van der Waals surface area contributed by atoms with E-state index in [-0.39, 0.29) is 38.1 Å². The van der Waals surface area contributed by atoms with E-state index >= 15 is 0 Å². The second kappa shape index (κ2) is 11.3. The van der Waals surface area contributed by atoms with Crippen molar-refractivity contribution in [3.8, 4) is 11.1 Å². The van der Waals surface area contributed by atoms with Gasteiger partial charge >= 0.3 is 12.1 Å². The van der Waals surface area contributed by atoms with E-state index in [0.29, 0.717) is 25.9 Å². The normalized spacial score (nSPS) is 16.7. The summed E-state index contributed by atoms with van der Waals surface area (Å²) in [4.78, 5) is 37.7. The zero-order chi connectivity index (χ0) is 24.8. The number of hydrogen-bond donors (Lipinski definition) is 4. The summed E-state index contributed by atoms with van der Waals surface area (Å²) in [6.07, 6.45) is 0.844. The third kappa shape index (κ3) is 5.98.